The zero-order chi connectivity index (χ0) is 13.0. The molecule has 0 saturated heterocycles. The van der Waals surface area contributed by atoms with Gasteiger partial charge in [0.15, 0.2) is 0 Å². The van der Waals surface area contributed by atoms with E-state index < -0.39 is 0 Å². The molecule has 0 atom stereocenters. The van der Waals surface area contributed by atoms with Gasteiger partial charge in [-0.15, -0.1) is 0 Å². The van der Waals surface area contributed by atoms with Gasteiger partial charge in [-0.25, -0.2) is 0 Å². The summed E-state index contributed by atoms with van der Waals surface area (Å²) in [6, 6.07) is 8.28. The molecule has 0 spiro atoms. The molecule has 1 aromatic rings. The van der Waals surface area contributed by atoms with E-state index in [9.17, 15) is 0 Å². The Morgan fingerprint density at radius 3 is 2.22 bits per heavy atom. The van der Waals surface area contributed by atoms with Gasteiger partial charge in [0.2, 0.25) is 0 Å². The van der Waals surface area contributed by atoms with Crippen LogP contribution in [0.5, 0.6) is 0 Å². The predicted molar refractivity (Wildman–Crippen MR) is 79.2 cm³/mol. The average molecular weight is 264 g/mol. The Balaban J connectivity index is 2.13. The fraction of sp³-hybridized carbons (Fsp3) is 0.500. The van der Waals surface area contributed by atoms with Crippen LogP contribution in [0.25, 0.3) is 0 Å². The van der Waals surface area contributed by atoms with Crippen LogP contribution in [-0.2, 0) is 6.42 Å². The molecule has 0 unspecified atom stereocenters. The molecule has 18 heavy (non-hydrogen) atoms. The van der Waals surface area contributed by atoms with Gasteiger partial charge in [0.25, 0.3) is 0 Å². The Hall–Kier alpha value is -0.790. The summed E-state index contributed by atoms with van der Waals surface area (Å²) in [6.07, 6.45) is 6.35. The van der Waals surface area contributed by atoms with Gasteiger partial charge in [-0.3, -0.25) is 0 Å². The quantitative estimate of drug-likeness (QED) is 0.732. The molecule has 0 aromatic heterocycles. The van der Waals surface area contributed by atoms with Gasteiger partial charge in [0.05, 0.1) is 0 Å². The molecule has 0 bridgehead atoms. The number of rotatable bonds is 4. The zero-order valence-electron chi connectivity index (χ0n) is 11.4. The largest absolute Gasteiger partial charge is 0.305 e. The monoisotopic (exact) mass is 263 g/mol. The first-order chi connectivity index (χ1) is 8.65. The van der Waals surface area contributed by atoms with E-state index in [1.807, 2.05) is 12.1 Å². The first-order valence-corrected chi connectivity index (χ1v) is 7.12. The molecule has 1 nitrogen and oxygen atoms in total. The Labute approximate surface area is 115 Å². The van der Waals surface area contributed by atoms with E-state index in [1.54, 1.807) is 11.1 Å². The standard InChI is InChI=1S/C16H22ClN/c1-18(2)12-15-6-4-3-5-14(15)11-13-7-9-16(17)10-8-13/h7-10H,3-6,11-12H2,1-2H3. The number of benzene rings is 1. The number of allylic oxidation sites excluding steroid dienone is 1. The van der Waals surface area contributed by atoms with Crippen LogP contribution >= 0.6 is 11.6 Å². The number of hydrogen-bond donors (Lipinski definition) is 0. The second kappa shape index (κ2) is 6.40. The van der Waals surface area contributed by atoms with Gasteiger partial charge in [-0.05, 0) is 63.9 Å². The van der Waals surface area contributed by atoms with Crippen molar-refractivity contribution in [1.82, 2.24) is 4.90 Å². The first-order valence-electron chi connectivity index (χ1n) is 6.74. The molecule has 0 aliphatic heterocycles. The molecule has 0 radical (unpaired) electrons. The molecule has 98 valence electrons. The molecule has 1 aromatic carbocycles. The summed E-state index contributed by atoms with van der Waals surface area (Å²) in [5.41, 5.74) is 4.69. The van der Waals surface area contributed by atoms with Crippen molar-refractivity contribution in [3.8, 4) is 0 Å². The third-order valence-electron chi connectivity index (χ3n) is 3.54. The summed E-state index contributed by atoms with van der Waals surface area (Å²) in [4.78, 5) is 2.28. The van der Waals surface area contributed by atoms with Gasteiger partial charge in [-0.1, -0.05) is 34.9 Å². The molecule has 2 heteroatoms. The van der Waals surface area contributed by atoms with Crippen molar-refractivity contribution in [2.75, 3.05) is 20.6 Å². The van der Waals surface area contributed by atoms with Crippen molar-refractivity contribution < 1.29 is 0 Å². The second-order valence-electron chi connectivity index (χ2n) is 5.46. The summed E-state index contributed by atoms with van der Waals surface area (Å²) in [6.45, 7) is 1.11. The van der Waals surface area contributed by atoms with E-state index in [0.717, 1.165) is 18.0 Å². The van der Waals surface area contributed by atoms with Crippen molar-refractivity contribution in [3.05, 3.63) is 46.0 Å². The lowest BCUT2D eigenvalue weighted by Gasteiger charge is -2.23. The third-order valence-corrected chi connectivity index (χ3v) is 3.80. The van der Waals surface area contributed by atoms with Crippen molar-refractivity contribution in [1.29, 1.82) is 0 Å². The van der Waals surface area contributed by atoms with Crippen LogP contribution in [0.15, 0.2) is 35.4 Å². The van der Waals surface area contributed by atoms with Crippen molar-refractivity contribution in [3.63, 3.8) is 0 Å². The van der Waals surface area contributed by atoms with Gasteiger partial charge < -0.3 is 4.90 Å². The van der Waals surface area contributed by atoms with Crippen LogP contribution in [0.3, 0.4) is 0 Å². The molecule has 0 N–H and O–H groups in total. The first kappa shape index (κ1) is 13.6. The zero-order valence-corrected chi connectivity index (χ0v) is 12.1. The van der Waals surface area contributed by atoms with Crippen LogP contribution in [0.1, 0.15) is 31.2 Å². The minimum atomic E-state index is 0.824. The Kier molecular flexibility index (Phi) is 4.85. The lowest BCUT2D eigenvalue weighted by atomic mass is 9.87. The van der Waals surface area contributed by atoms with Crippen LogP contribution in [0.2, 0.25) is 5.02 Å². The number of halogens is 1. The van der Waals surface area contributed by atoms with E-state index in [1.165, 1.54) is 31.2 Å². The van der Waals surface area contributed by atoms with Crippen molar-refractivity contribution in [2.45, 2.75) is 32.1 Å². The highest BCUT2D eigenvalue weighted by molar-refractivity contribution is 6.30. The highest BCUT2D eigenvalue weighted by Crippen LogP contribution is 2.28. The van der Waals surface area contributed by atoms with Crippen molar-refractivity contribution in [2.24, 2.45) is 0 Å². The van der Waals surface area contributed by atoms with Crippen molar-refractivity contribution >= 4 is 11.6 Å². The Morgan fingerprint density at radius 1 is 1.00 bits per heavy atom. The van der Waals surface area contributed by atoms with E-state index in [-0.39, 0.29) is 0 Å². The smallest absolute Gasteiger partial charge is 0.0406 e. The normalized spacial score (nSPS) is 16.4. The Morgan fingerprint density at radius 2 is 1.61 bits per heavy atom. The van der Waals surface area contributed by atoms with Gasteiger partial charge in [0.1, 0.15) is 0 Å². The number of nitrogens with zero attached hydrogens (tertiary/aromatic N) is 1. The maximum Gasteiger partial charge on any atom is 0.0406 e. The summed E-state index contributed by atoms with van der Waals surface area (Å²) in [5.74, 6) is 0. The number of likely N-dealkylation sites (N-methyl/N-ethyl adjacent to an activating group) is 1. The highest BCUT2D eigenvalue weighted by Gasteiger charge is 2.13. The molecular weight excluding hydrogens is 242 g/mol. The summed E-state index contributed by atoms with van der Waals surface area (Å²) in [5, 5.41) is 0.824. The molecule has 0 saturated carbocycles. The van der Waals surface area contributed by atoms with Gasteiger partial charge in [-0.2, -0.15) is 0 Å². The lowest BCUT2D eigenvalue weighted by Crippen LogP contribution is -2.18. The van der Waals surface area contributed by atoms with Crippen LogP contribution in [-0.4, -0.2) is 25.5 Å². The maximum absolute atomic E-state index is 5.93. The average Bonchev–Trinajstić information content (AvgIpc) is 2.34. The van der Waals surface area contributed by atoms with E-state index in [0.29, 0.717) is 0 Å². The van der Waals surface area contributed by atoms with Gasteiger partial charge in [0, 0.05) is 11.6 Å². The van der Waals surface area contributed by atoms with Crippen LogP contribution < -0.4 is 0 Å². The highest BCUT2D eigenvalue weighted by atomic mass is 35.5. The fourth-order valence-corrected chi connectivity index (χ4v) is 2.79. The lowest BCUT2D eigenvalue weighted by molar-refractivity contribution is 0.428. The molecule has 2 rings (SSSR count). The topological polar surface area (TPSA) is 3.24 Å². The third kappa shape index (κ3) is 3.86. The minimum Gasteiger partial charge on any atom is -0.305 e. The van der Waals surface area contributed by atoms with Gasteiger partial charge >= 0.3 is 0 Å². The van der Waals surface area contributed by atoms with E-state index in [2.05, 4.69) is 31.1 Å². The summed E-state index contributed by atoms with van der Waals surface area (Å²) in [7, 11) is 4.31. The molecule has 0 heterocycles. The maximum atomic E-state index is 5.93. The molecule has 0 fully saturated rings. The van der Waals surface area contributed by atoms with Crippen LogP contribution in [0, 0.1) is 0 Å². The van der Waals surface area contributed by atoms with E-state index in [4.69, 9.17) is 11.6 Å². The summed E-state index contributed by atoms with van der Waals surface area (Å²) < 4.78 is 0. The molecule has 1 aliphatic carbocycles. The van der Waals surface area contributed by atoms with Crippen LogP contribution in [0.4, 0.5) is 0 Å². The van der Waals surface area contributed by atoms with E-state index >= 15 is 0 Å². The molecular formula is C16H22ClN. The predicted octanol–water partition coefficient (Wildman–Crippen LogP) is 4.31. The molecule has 1 aliphatic rings. The number of hydrogen-bond acceptors (Lipinski definition) is 1. The molecule has 0 amide bonds. The second-order valence-corrected chi connectivity index (χ2v) is 5.89. The summed E-state index contributed by atoms with van der Waals surface area (Å²) >= 11 is 5.93. The SMILES string of the molecule is CN(C)CC1=C(Cc2ccc(Cl)cc2)CCCC1. The fourth-order valence-electron chi connectivity index (χ4n) is 2.66. The Bertz CT molecular complexity index is 417. The minimum absolute atomic E-state index is 0.824.